The van der Waals surface area contributed by atoms with Gasteiger partial charge in [0, 0.05) is 42.6 Å². The molecule has 1 fully saturated rings. The van der Waals surface area contributed by atoms with Crippen LogP contribution < -0.4 is 9.64 Å². The molecule has 7 nitrogen and oxygen atoms in total. The summed E-state index contributed by atoms with van der Waals surface area (Å²) in [6, 6.07) is 7.94. The van der Waals surface area contributed by atoms with Gasteiger partial charge in [-0.2, -0.15) is 5.10 Å². The maximum absolute atomic E-state index is 5.45. The molecule has 5 rings (SSSR count). The molecule has 27 heavy (non-hydrogen) atoms. The number of methoxy groups -OCH3 is 1. The van der Waals surface area contributed by atoms with Crippen LogP contribution >= 0.6 is 0 Å². The average molecular weight is 358 g/mol. The first-order chi connectivity index (χ1) is 13.3. The van der Waals surface area contributed by atoms with Crippen molar-refractivity contribution < 1.29 is 4.74 Å². The largest absolute Gasteiger partial charge is 0.496 e. The smallest absolute Gasteiger partial charge is 0.131 e. The third kappa shape index (κ3) is 2.68. The van der Waals surface area contributed by atoms with Gasteiger partial charge >= 0.3 is 0 Å². The van der Waals surface area contributed by atoms with E-state index in [2.05, 4.69) is 36.1 Å². The lowest BCUT2D eigenvalue weighted by atomic mass is 10.1. The summed E-state index contributed by atoms with van der Waals surface area (Å²) in [5, 5.41) is 8.61. The maximum Gasteiger partial charge on any atom is 0.131 e. The van der Waals surface area contributed by atoms with Gasteiger partial charge in [0.2, 0.25) is 0 Å². The van der Waals surface area contributed by atoms with Crippen LogP contribution in [0.4, 0.5) is 5.82 Å². The van der Waals surface area contributed by atoms with Crippen LogP contribution in [-0.2, 0) is 0 Å². The molecule has 0 spiro atoms. The number of anilines is 1. The molecule has 4 aromatic rings. The minimum atomic E-state index is 0.742. The van der Waals surface area contributed by atoms with E-state index in [-0.39, 0.29) is 0 Å². The number of nitrogens with one attached hydrogen (secondary N) is 1. The van der Waals surface area contributed by atoms with E-state index < -0.39 is 0 Å². The number of ether oxygens (including phenoxy) is 1. The topological polar surface area (TPSA) is 79.8 Å². The van der Waals surface area contributed by atoms with Crippen molar-refractivity contribution in [1.29, 1.82) is 0 Å². The fourth-order valence-electron chi connectivity index (χ4n) is 3.32. The van der Waals surface area contributed by atoms with E-state index >= 15 is 0 Å². The highest BCUT2D eigenvalue weighted by Crippen LogP contribution is 2.33. The fraction of sp³-hybridized carbons (Fsp3) is 0.200. The van der Waals surface area contributed by atoms with E-state index in [1.165, 1.54) is 6.42 Å². The van der Waals surface area contributed by atoms with Crippen LogP contribution in [-0.4, -0.2) is 45.3 Å². The lowest BCUT2D eigenvalue weighted by Gasteiger charge is -2.32. The Bertz CT molecular complexity index is 1120. The zero-order chi connectivity index (χ0) is 18.2. The summed E-state index contributed by atoms with van der Waals surface area (Å²) in [7, 11) is 1.65. The van der Waals surface area contributed by atoms with Crippen molar-refractivity contribution in [1.82, 2.24) is 25.1 Å². The van der Waals surface area contributed by atoms with Crippen LogP contribution in [0.1, 0.15) is 6.42 Å². The van der Waals surface area contributed by atoms with Crippen molar-refractivity contribution in [2.75, 3.05) is 25.1 Å². The summed E-state index contributed by atoms with van der Waals surface area (Å²) < 4.78 is 5.45. The van der Waals surface area contributed by atoms with Gasteiger partial charge in [-0.3, -0.25) is 15.1 Å². The van der Waals surface area contributed by atoms with Gasteiger partial charge in [-0.05, 0) is 30.7 Å². The quantitative estimate of drug-likeness (QED) is 0.603. The standard InChI is InChI=1S/C20H18N6O/c1-27-18-4-5-21-11-15(18)16-10-14-17(12-23-16)24-25-20(14)13-3-6-22-19(9-13)26-7-2-8-26/h3-6,9-12H,2,7-8H2,1H3,(H,24,25). The molecule has 1 saturated heterocycles. The molecule has 134 valence electrons. The van der Waals surface area contributed by atoms with E-state index in [0.717, 1.165) is 58.1 Å². The molecule has 4 aromatic heterocycles. The number of aromatic amines is 1. The molecule has 0 amide bonds. The van der Waals surface area contributed by atoms with Crippen molar-refractivity contribution in [3.63, 3.8) is 0 Å². The Morgan fingerprint density at radius 1 is 1.07 bits per heavy atom. The first-order valence-corrected chi connectivity index (χ1v) is 8.87. The highest BCUT2D eigenvalue weighted by atomic mass is 16.5. The maximum atomic E-state index is 5.45. The molecule has 0 radical (unpaired) electrons. The molecular formula is C20H18N6O. The molecule has 0 bridgehead atoms. The molecule has 0 atom stereocenters. The van der Waals surface area contributed by atoms with Gasteiger partial charge in [0.25, 0.3) is 0 Å². The van der Waals surface area contributed by atoms with E-state index in [4.69, 9.17) is 4.74 Å². The van der Waals surface area contributed by atoms with Crippen LogP contribution in [0.15, 0.2) is 49.1 Å². The summed E-state index contributed by atoms with van der Waals surface area (Å²) in [6.45, 7) is 2.12. The SMILES string of the molecule is COc1ccncc1-c1cc2c(-c3ccnc(N4CCC4)c3)n[nH]c2cn1. The summed E-state index contributed by atoms with van der Waals surface area (Å²) >= 11 is 0. The Labute approximate surface area is 156 Å². The lowest BCUT2D eigenvalue weighted by Crippen LogP contribution is -2.37. The number of hydrogen-bond donors (Lipinski definition) is 1. The second-order valence-electron chi connectivity index (χ2n) is 6.51. The van der Waals surface area contributed by atoms with Crippen LogP contribution in [0.2, 0.25) is 0 Å². The molecule has 0 unspecified atom stereocenters. The van der Waals surface area contributed by atoms with E-state index in [0.29, 0.717) is 0 Å². The number of aromatic nitrogens is 5. The summed E-state index contributed by atoms with van der Waals surface area (Å²) in [6.07, 6.45) is 8.33. The van der Waals surface area contributed by atoms with E-state index in [1.54, 1.807) is 25.7 Å². The highest BCUT2D eigenvalue weighted by molar-refractivity contribution is 5.95. The Balaban J connectivity index is 1.62. The number of rotatable bonds is 4. The molecule has 7 heteroatoms. The summed E-state index contributed by atoms with van der Waals surface area (Å²) in [4.78, 5) is 15.5. The molecule has 0 aromatic carbocycles. The first-order valence-electron chi connectivity index (χ1n) is 8.87. The molecule has 5 heterocycles. The monoisotopic (exact) mass is 358 g/mol. The third-order valence-electron chi connectivity index (χ3n) is 4.92. The van der Waals surface area contributed by atoms with Crippen LogP contribution in [0, 0.1) is 0 Å². The van der Waals surface area contributed by atoms with Crippen molar-refractivity contribution >= 4 is 16.7 Å². The van der Waals surface area contributed by atoms with Crippen molar-refractivity contribution in [2.45, 2.75) is 6.42 Å². The first kappa shape index (κ1) is 15.7. The van der Waals surface area contributed by atoms with Gasteiger partial charge < -0.3 is 9.64 Å². The summed E-state index contributed by atoms with van der Waals surface area (Å²) in [5.41, 5.74) is 4.46. The number of hydrogen-bond acceptors (Lipinski definition) is 6. The average Bonchev–Trinajstić information content (AvgIpc) is 3.10. The van der Waals surface area contributed by atoms with Gasteiger partial charge in [-0.1, -0.05) is 0 Å². The van der Waals surface area contributed by atoms with Crippen molar-refractivity contribution in [2.24, 2.45) is 0 Å². The van der Waals surface area contributed by atoms with Crippen molar-refractivity contribution in [3.8, 4) is 28.3 Å². The normalized spacial score (nSPS) is 13.6. The second kappa shape index (κ2) is 6.35. The Hall–Kier alpha value is -3.48. The zero-order valence-corrected chi connectivity index (χ0v) is 14.9. The Morgan fingerprint density at radius 2 is 2.00 bits per heavy atom. The van der Waals surface area contributed by atoms with Gasteiger partial charge in [0.15, 0.2) is 0 Å². The number of nitrogens with zero attached hydrogens (tertiary/aromatic N) is 5. The predicted molar refractivity (Wildman–Crippen MR) is 104 cm³/mol. The molecule has 1 aliphatic heterocycles. The third-order valence-corrected chi connectivity index (χ3v) is 4.92. The van der Waals surface area contributed by atoms with Crippen LogP contribution in [0.25, 0.3) is 33.4 Å². The second-order valence-corrected chi connectivity index (χ2v) is 6.51. The molecule has 0 aliphatic carbocycles. The molecule has 0 saturated carbocycles. The predicted octanol–water partition coefficient (Wildman–Crippen LogP) is 3.30. The number of H-pyrrole nitrogens is 1. The van der Waals surface area contributed by atoms with Crippen LogP contribution in [0.3, 0.4) is 0 Å². The lowest BCUT2D eigenvalue weighted by molar-refractivity contribution is 0.416. The molecular weight excluding hydrogens is 340 g/mol. The molecule has 1 aliphatic rings. The number of pyridine rings is 3. The van der Waals surface area contributed by atoms with Gasteiger partial charge in [-0.25, -0.2) is 4.98 Å². The highest BCUT2D eigenvalue weighted by Gasteiger charge is 2.18. The number of fused-ring (bicyclic) bond motifs is 1. The van der Waals surface area contributed by atoms with Crippen LogP contribution in [0.5, 0.6) is 5.75 Å². The zero-order valence-electron chi connectivity index (χ0n) is 14.9. The Kier molecular flexibility index (Phi) is 3.71. The van der Waals surface area contributed by atoms with E-state index in [1.807, 2.05) is 24.4 Å². The van der Waals surface area contributed by atoms with Crippen molar-refractivity contribution in [3.05, 3.63) is 49.1 Å². The van der Waals surface area contributed by atoms with Gasteiger partial charge in [0.05, 0.1) is 30.1 Å². The van der Waals surface area contributed by atoms with Gasteiger partial charge in [0.1, 0.15) is 17.3 Å². The minimum Gasteiger partial charge on any atom is -0.496 e. The van der Waals surface area contributed by atoms with Gasteiger partial charge in [-0.15, -0.1) is 0 Å². The van der Waals surface area contributed by atoms with E-state index in [9.17, 15) is 0 Å². The minimum absolute atomic E-state index is 0.742. The Morgan fingerprint density at radius 3 is 2.81 bits per heavy atom. The molecule has 1 N–H and O–H groups in total. The summed E-state index contributed by atoms with van der Waals surface area (Å²) in [5.74, 6) is 1.74. The fourth-order valence-corrected chi connectivity index (χ4v) is 3.32.